The van der Waals surface area contributed by atoms with Gasteiger partial charge in [-0.25, -0.2) is 4.98 Å². The van der Waals surface area contributed by atoms with Gasteiger partial charge < -0.3 is 5.32 Å². The Morgan fingerprint density at radius 2 is 1.78 bits per heavy atom. The molecule has 1 aliphatic heterocycles. The molecule has 2 heterocycles. The number of halogens is 1. The average molecular weight is 495 g/mol. The standard InChI is InChI=1S/C26H31BrN4O/c27-20-12-14-22(15-13-20)31-24-11-5-4-10-23(24)29-25(31)18-30-16-6-7-19(17-30)26(32)28-21-8-2-1-3-9-21/h4-5,10-15,19,21H,1-3,6-9,16-18H2,(H,28,32)/t19-/m1/s1. The summed E-state index contributed by atoms with van der Waals surface area (Å²) in [6, 6.07) is 17.1. The van der Waals surface area contributed by atoms with Gasteiger partial charge in [0.1, 0.15) is 5.82 Å². The van der Waals surface area contributed by atoms with Crippen LogP contribution in [0.3, 0.4) is 0 Å². The lowest BCUT2D eigenvalue weighted by atomic mass is 9.93. The largest absolute Gasteiger partial charge is 0.353 e. The molecule has 5 rings (SSSR count). The van der Waals surface area contributed by atoms with Crippen molar-refractivity contribution in [1.29, 1.82) is 0 Å². The summed E-state index contributed by atoms with van der Waals surface area (Å²) in [7, 11) is 0. The minimum Gasteiger partial charge on any atom is -0.353 e. The van der Waals surface area contributed by atoms with Gasteiger partial charge in [-0.15, -0.1) is 0 Å². The molecule has 0 radical (unpaired) electrons. The van der Waals surface area contributed by atoms with E-state index in [9.17, 15) is 4.79 Å². The molecule has 2 fully saturated rings. The molecule has 1 saturated carbocycles. The predicted molar refractivity (Wildman–Crippen MR) is 132 cm³/mol. The van der Waals surface area contributed by atoms with Crippen LogP contribution in [-0.4, -0.2) is 39.5 Å². The van der Waals surface area contributed by atoms with E-state index in [1.807, 2.05) is 6.07 Å². The Kier molecular flexibility index (Phi) is 6.60. The molecule has 32 heavy (non-hydrogen) atoms. The van der Waals surface area contributed by atoms with Crippen LogP contribution in [0.15, 0.2) is 53.0 Å². The summed E-state index contributed by atoms with van der Waals surface area (Å²) in [6.45, 7) is 2.57. The molecule has 1 amide bonds. The van der Waals surface area contributed by atoms with E-state index in [0.717, 1.165) is 72.3 Å². The molecular weight excluding hydrogens is 464 g/mol. The van der Waals surface area contributed by atoms with E-state index >= 15 is 0 Å². The van der Waals surface area contributed by atoms with Gasteiger partial charge >= 0.3 is 0 Å². The van der Waals surface area contributed by atoms with Gasteiger partial charge in [0.15, 0.2) is 0 Å². The number of hydrogen-bond donors (Lipinski definition) is 1. The van der Waals surface area contributed by atoms with Crippen molar-refractivity contribution in [2.45, 2.75) is 57.5 Å². The molecule has 1 N–H and O–H groups in total. The summed E-state index contributed by atoms with van der Waals surface area (Å²) in [5.41, 5.74) is 3.24. The van der Waals surface area contributed by atoms with Gasteiger partial charge in [-0.1, -0.05) is 47.3 Å². The van der Waals surface area contributed by atoms with Crippen molar-refractivity contribution < 1.29 is 4.79 Å². The minimum atomic E-state index is 0.0798. The van der Waals surface area contributed by atoms with Crippen LogP contribution in [0.1, 0.15) is 50.8 Å². The van der Waals surface area contributed by atoms with E-state index in [0.29, 0.717) is 6.04 Å². The Labute approximate surface area is 198 Å². The number of piperidine rings is 1. The number of benzene rings is 2. The first-order valence-electron chi connectivity index (χ1n) is 11.9. The Morgan fingerprint density at radius 3 is 2.59 bits per heavy atom. The molecule has 0 unspecified atom stereocenters. The van der Waals surface area contributed by atoms with E-state index in [1.54, 1.807) is 0 Å². The number of rotatable bonds is 5. The Bertz CT molecular complexity index is 1070. The molecule has 5 nitrogen and oxygen atoms in total. The fourth-order valence-corrected chi connectivity index (χ4v) is 5.50. The van der Waals surface area contributed by atoms with Gasteiger partial charge in [0.05, 0.1) is 23.5 Å². The summed E-state index contributed by atoms with van der Waals surface area (Å²) < 4.78 is 3.32. The number of nitrogens with zero attached hydrogens (tertiary/aromatic N) is 3. The second-order valence-corrected chi connectivity index (χ2v) is 10.2. The number of imidazole rings is 1. The van der Waals surface area contributed by atoms with Crippen LogP contribution in [0.4, 0.5) is 0 Å². The van der Waals surface area contributed by atoms with Crippen molar-refractivity contribution in [2.24, 2.45) is 5.92 Å². The number of fused-ring (bicyclic) bond motifs is 1. The SMILES string of the molecule is O=C(NC1CCCCC1)[C@@H]1CCCN(Cc2nc3ccccc3n2-c2ccc(Br)cc2)C1. The highest BCUT2D eigenvalue weighted by molar-refractivity contribution is 9.10. The third-order valence-electron chi connectivity index (χ3n) is 6.91. The van der Waals surface area contributed by atoms with Gasteiger partial charge in [0.2, 0.25) is 5.91 Å². The molecule has 6 heteroatoms. The van der Waals surface area contributed by atoms with Crippen molar-refractivity contribution in [3.05, 3.63) is 58.8 Å². The monoisotopic (exact) mass is 494 g/mol. The lowest BCUT2D eigenvalue weighted by Gasteiger charge is -2.33. The van der Waals surface area contributed by atoms with Crippen LogP contribution in [0.5, 0.6) is 0 Å². The Morgan fingerprint density at radius 1 is 1.00 bits per heavy atom. The molecule has 2 aromatic carbocycles. The number of carbonyl (C=O) groups is 1. The summed E-state index contributed by atoms with van der Waals surface area (Å²) in [5, 5.41) is 3.35. The number of hydrogen-bond acceptors (Lipinski definition) is 3. The number of aromatic nitrogens is 2. The number of likely N-dealkylation sites (tertiary alicyclic amines) is 1. The van der Waals surface area contributed by atoms with Crippen molar-refractivity contribution in [1.82, 2.24) is 19.8 Å². The molecule has 0 spiro atoms. The predicted octanol–water partition coefficient (Wildman–Crippen LogP) is 5.45. The number of para-hydroxylation sites is 2. The molecule has 1 saturated heterocycles. The van der Waals surface area contributed by atoms with Gasteiger partial charge in [-0.05, 0) is 68.6 Å². The molecule has 3 aromatic rings. The molecule has 1 aliphatic carbocycles. The van der Waals surface area contributed by atoms with Crippen LogP contribution in [0.25, 0.3) is 16.7 Å². The van der Waals surface area contributed by atoms with Gasteiger partial charge in [-0.3, -0.25) is 14.3 Å². The highest BCUT2D eigenvalue weighted by atomic mass is 79.9. The summed E-state index contributed by atoms with van der Waals surface area (Å²) in [5.74, 6) is 1.36. The maximum absolute atomic E-state index is 13.0. The van der Waals surface area contributed by atoms with E-state index < -0.39 is 0 Å². The van der Waals surface area contributed by atoms with Gasteiger partial charge in [0.25, 0.3) is 0 Å². The number of amides is 1. The maximum Gasteiger partial charge on any atom is 0.224 e. The number of nitrogens with one attached hydrogen (secondary N) is 1. The quantitative estimate of drug-likeness (QED) is 0.512. The van der Waals surface area contributed by atoms with Crippen molar-refractivity contribution >= 4 is 32.9 Å². The van der Waals surface area contributed by atoms with Crippen molar-refractivity contribution in [3.63, 3.8) is 0 Å². The van der Waals surface area contributed by atoms with Crippen LogP contribution < -0.4 is 5.32 Å². The third-order valence-corrected chi connectivity index (χ3v) is 7.44. The first-order valence-corrected chi connectivity index (χ1v) is 12.7. The van der Waals surface area contributed by atoms with Crippen LogP contribution in [0.2, 0.25) is 0 Å². The smallest absolute Gasteiger partial charge is 0.224 e. The highest BCUT2D eigenvalue weighted by Gasteiger charge is 2.28. The first-order chi connectivity index (χ1) is 15.7. The highest BCUT2D eigenvalue weighted by Crippen LogP contribution is 2.26. The second kappa shape index (κ2) is 9.75. The Balaban J connectivity index is 1.34. The van der Waals surface area contributed by atoms with E-state index in [4.69, 9.17) is 4.98 Å². The normalized spacial score (nSPS) is 20.5. The molecule has 0 bridgehead atoms. The lowest BCUT2D eigenvalue weighted by molar-refractivity contribution is -0.127. The summed E-state index contributed by atoms with van der Waals surface area (Å²) in [6.07, 6.45) is 8.11. The topological polar surface area (TPSA) is 50.2 Å². The van der Waals surface area contributed by atoms with Crippen molar-refractivity contribution in [3.8, 4) is 5.69 Å². The minimum absolute atomic E-state index is 0.0798. The van der Waals surface area contributed by atoms with Crippen LogP contribution in [-0.2, 0) is 11.3 Å². The summed E-state index contributed by atoms with van der Waals surface area (Å²) in [4.78, 5) is 20.3. The summed E-state index contributed by atoms with van der Waals surface area (Å²) >= 11 is 3.54. The van der Waals surface area contributed by atoms with Gasteiger partial charge in [0, 0.05) is 22.7 Å². The van der Waals surface area contributed by atoms with Crippen LogP contribution in [0, 0.1) is 5.92 Å². The zero-order valence-corrected chi connectivity index (χ0v) is 20.1. The zero-order valence-electron chi connectivity index (χ0n) is 18.5. The van der Waals surface area contributed by atoms with Crippen molar-refractivity contribution in [2.75, 3.05) is 13.1 Å². The third kappa shape index (κ3) is 4.76. The molecule has 1 aromatic heterocycles. The first kappa shape index (κ1) is 21.7. The Hall–Kier alpha value is -2.18. The molecule has 1 atom stereocenters. The molecule has 2 aliphatic rings. The lowest BCUT2D eigenvalue weighted by Crippen LogP contribution is -2.46. The van der Waals surface area contributed by atoms with E-state index in [-0.39, 0.29) is 11.8 Å². The van der Waals surface area contributed by atoms with E-state index in [2.05, 4.69) is 73.2 Å². The van der Waals surface area contributed by atoms with E-state index in [1.165, 1.54) is 19.3 Å². The fourth-order valence-electron chi connectivity index (χ4n) is 5.24. The molecule has 168 valence electrons. The fraction of sp³-hybridized carbons (Fsp3) is 0.462. The van der Waals surface area contributed by atoms with Crippen LogP contribution >= 0.6 is 15.9 Å². The second-order valence-electron chi connectivity index (χ2n) is 9.25. The molecular formula is C26H31BrN4O. The average Bonchev–Trinajstić information content (AvgIpc) is 3.18. The van der Waals surface area contributed by atoms with Gasteiger partial charge in [-0.2, -0.15) is 0 Å². The zero-order chi connectivity index (χ0) is 21.9. The number of carbonyl (C=O) groups excluding carboxylic acids is 1. The maximum atomic E-state index is 13.0.